The Labute approximate surface area is 189 Å². The summed E-state index contributed by atoms with van der Waals surface area (Å²) < 4.78 is 17.9. The minimum absolute atomic E-state index is 0.218. The maximum atomic E-state index is 10.9. The summed E-state index contributed by atoms with van der Waals surface area (Å²) in [5.74, 6) is 0.404. The van der Waals surface area contributed by atoms with E-state index in [0.717, 1.165) is 11.1 Å². The van der Waals surface area contributed by atoms with E-state index in [-0.39, 0.29) is 13.2 Å². The van der Waals surface area contributed by atoms with Gasteiger partial charge >= 0.3 is 0 Å². The number of aromatic nitrogens is 1. The second-order valence-electron chi connectivity index (χ2n) is 7.54. The second-order valence-corrected chi connectivity index (χ2v) is 7.54. The topological polar surface area (TPSA) is 81.0 Å². The van der Waals surface area contributed by atoms with Crippen LogP contribution in [0.25, 0.3) is 0 Å². The minimum atomic E-state index is -1.16. The minimum Gasteiger partial charge on any atom is -0.481 e. The van der Waals surface area contributed by atoms with Crippen LogP contribution in [-0.2, 0) is 34.9 Å². The van der Waals surface area contributed by atoms with Crippen molar-refractivity contribution in [1.82, 2.24) is 4.98 Å². The van der Waals surface area contributed by atoms with Crippen molar-refractivity contribution in [3.8, 4) is 5.88 Å². The van der Waals surface area contributed by atoms with Gasteiger partial charge in [0.25, 0.3) is 0 Å². The molecule has 1 aromatic heterocycles. The molecule has 0 unspecified atom stereocenters. The number of pyridine rings is 1. The highest BCUT2D eigenvalue weighted by atomic mass is 16.5. The summed E-state index contributed by atoms with van der Waals surface area (Å²) in [5.41, 5.74) is 2.24. The fourth-order valence-electron chi connectivity index (χ4n) is 3.85. The first-order valence-corrected chi connectivity index (χ1v) is 10.8. The average molecular weight is 438 g/mol. The van der Waals surface area contributed by atoms with Crippen molar-refractivity contribution in [3.63, 3.8) is 0 Å². The molecule has 0 saturated heterocycles. The number of benzene rings is 2. The summed E-state index contributed by atoms with van der Waals surface area (Å²) in [6, 6.07) is 21.4. The van der Waals surface area contributed by atoms with Gasteiger partial charge in [-0.05, 0) is 29.2 Å². The summed E-state index contributed by atoms with van der Waals surface area (Å²) in [6.45, 7) is 2.39. The van der Waals surface area contributed by atoms with E-state index in [9.17, 15) is 10.2 Å². The summed E-state index contributed by atoms with van der Waals surface area (Å²) in [5, 5.41) is 20.8. The Balaban J connectivity index is 1.93. The lowest BCUT2D eigenvalue weighted by Gasteiger charge is -2.38. The quantitative estimate of drug-likeness (QED) is 0.446. The molecular formula is C26H31NO5. The largest absolute Gasteiger partial charge is 0.481 e. The first kappa shape index (κ1) is 23.9. The highest BCUT2D eigenvalue weighted by Crippen LogP contribution is 2.39. The second kappa shape index (κ2) is 11.7. The maximum absolute atomic E-state index is 10.9. The summed E-state index contributed by atoms with van der Waals surface area (Å²) >= 11 is 0. The molecular weight excluding hydrogens is 406 g/mol. The van der Waals surface area contributed by atoms with Gasteiger partial charge < -0.3 is 24.4 Å². The zero-order chi connectivity index (χ0) is 22.8. The molecule has 3 rings (SSSR count). The van der Waals surface area contributed by atoms with E-state index >= 15 is 0 Å². The third-order valence-electron chi connectivity index (χ3n) is 5.60. The van der Waals surface area contributed by atoms with E-state index in [2.05, 4.69) is 4.98 Å². The molecule has 0 amide bonds. The standard InChI is InChI=1S/C26H31NO5/c1-3-26(24(29)16-28,32-18-21-12-8-5-9-13-21)23-14-15-27-25(30-2)22(23)19-31-17-20-10-6-4-7-11-20/h4-15,24,28-29H,3,16-19H2,1-2H3/t24-,26+/m1/s1. The van der Waals surface area contributed by atoms with Crippen LogP contribution in [0.3, 0.4) is 0 Å². The van der Waals surface area contributed by atoms with E-state index in [4.69, 9.17) is 14.2 Å². The molecule has 32 heavy (non-hydrogen) atoms. The third-order valence-corrected chi connectivity index (χ3v) is 5.60. The van der Waals surface area contributed by atoms with Gasteiger partial charge in [0.15, 0.2) is 0 Å². The molecule has 0 bridgehead atoms. The number of ether oxygens (including phenoxy) is 3. The van der Waals surface area contributed by atoms with Crippen molar-refractivity contribution < 1.29 is 24.4 Å². The molecule has 0 aliphatic carbocycles. The lowest BCUT2D eigenvalue weighted by molar-refractivity contribution is -0.154. The molecule has 3 aromatic rings. The number of hydrogen-bond donors (Lipinski definition) is 2. The number of aliphatic hydroxyl groups is 2. The summed E-state index contributed by atoms with van der Waals surface area (Å²) in [6.07, 6.45) is 0.909. The third kappa shape index (κ3) is 5.53. The van der Waals surface area contributed by atoms with Gasteiger partial charge in [-0.15, -0.1) is 0 Å². The van der Waals surface area contributed by atoms with Crippen molar-refractivity contribution in [2.45, 2.75) is 44.9 Å². The molecule has 0 aliphatic heterocycles. The van der Waals surface area contributed by atoms with Gasteiger partial charge in [0.1, 0.15) is 11.7 Å². The first-order chi connectivity index (χ1) is 15.6. The molecule has 0 spiro atoms. The molecule has 2 aromatic carbocycles. The first-order valence-electron chi connectivity index (χ1n) is 10.8. The number of hydrogen-bond acceptors (Lipinski definition) is 6. The van der Waals surface area contributed by atoms with Crippen LogP contribution >= 0.6 is 0 Å². The van der Waals surface area contributed by atoms with Crippen molar-refractivity contribution in [3.05, 3.63) is 95.2 Å². The van der Waals surface area contributed by atoms with Crippen LogP contribution in [0.15, 0.2) is 72.9 Å². The van der Waals surface area contributed by atoms with Crippen LogP contribution in [0.4, 0.5) is 0 Å². The normalized spacial score (nSPS) is 14.0. The fourth-order valence-corrected chi connectivity index (χ4v) is 3.85. The number of methoxy groups -OCH3 is 1. The van der Waals surface area contributed by atoms with Crippen molar-refractivity contribution >= 4 is 0 Å². The van der Waals surface area contributed by atoms with Crippen LogP contribution in [-0.4, -0.2) is 35.0 Å². The molecule has 0 saturated carbocycles. The zero-order valence-corrected chi connectivity index (χ0v) is 18.6. The van der Waals surface area contributed by atoms with E-state index in [1.165, 1.54) is 0 Å². The maximum Gasteiger partial charge on any atom is 0.218 e. The lowest BCUT2D eigenvalue weighted by atomic mass is 9.83. The predicted molar refractivity (Wildman–Crippen MR) is 122 cm³/mol. The van der Waals surface area contributed by atoms with Gasteiger partial charge in [-0.25, -0.2) is 4.98 Å². The van der Waals surface area contributed by atoms with Crippen molar-refractivity contribution in [2.75, 3.05) is 13.7 Å². The van der Waals surface area contributed by atoms with E-state index in [0.29, 0.717) is 30.0 Å². The van der Waals surface area contributed by atoms with Crippen LogP contribution < -0.4 is 4.74 Å². The van der Waals surface area contributed by atoms with E-state index < -0.39 is 18.3 Å². The Morgan fingerprint density at radius 1 is 0.906 bits per heavy atom. The number of rotatable bonds is 12. The van der Waals surface area contributed by atoms with Gasteiger partial charge in [-0.3, -0.25) is 0 Å². The SMILES string of the molecule is CC[C@](OCc1ccccc1)(c1ccnc(OC)c1COCc1ccccc1)[C@H](O)CO. The van der Waals surface area contributed by atoms with Gasteiger partial charge in [0, 0.05) is 11.8 Å². The van der Waals surface area contributed by atoms with Crippen LogP contribution in [0.5, 0.6) is 5.88 Å². The Hall–Kier alpha value is -2.77. The number of aliphatic hydroxyl groups excluding tert-OH is 2. The predicted octanol–water partition coefficient (Wildman–Crippen LogP) is 3.98. The molecule has 0 fully saturated rings. The Morgan fingerprint density at radius 2 is 1.53 bits per heavy atom. The Bertz CT molecular complexity index is 951. The molecule has 0 aliphatic rings. The van der Waals surface area contributed by atoms with Crippen LogP contribution in [0.2, 0.25) is 0 Å². The van der Waals surface area contributed by atoms with Gasteiger partial charge in [-0.2, -0.15) is 0 Å². The smallest absolute Gasteiger partial charge is 0.218 e. The van der Waals surface area contributed by atoms with Gasteiger partial charge in [0.2, 0.25) is 5.88 Å². The molecule has 0 radical (unpaired) electrons. The lowest BCUT2D eigenvalue weighted by Crippen LogP contribution is -2.44. The fraction of sp³-hybridized carbons (Fsp3) is 0.346. The van der Waals surface area contributed by atoms with Crippen LogP contribution in [0, 0.1) is 0 Å². The zero-order valence-electron chi connectivity index (χ0n) is 18.6. The summed E-state index contributed by atoms with van der Waals surface area (Å²) in [4.78, 5) is 4.33. The average Bonchev–Trinajstić information content (AvgIpc) is 2.86. The summed E-state index contributed by atoms with van der Waals surface area (Å²) in [7, 11) is 1.55. The Kier molecular flexibility index (Phi) is 8.76. The van der Waals surface area contributed by atoms with E-state index in [1.807, 2.05) is 67.6 Å². The molecule has 6 nitrogen and oxygen atoms in total. The van der Waals surface area contributed by atoms with E-state index in [1.54, 1.807) is 19.4 Å². The molecule has 2 atom stereocenters. The molecule has 6 heteroatoms. The highest BCUT2D eigenvalue weighted by molar-refractivity contribution is 5.39. The number of nitrogens with zero attached hydrogens (tertiary/aromatic N) is 1. The van der Waals surface area contributed by atoms with Crippen LogP contribution in [0.1, 0.15) is 35.6 Å². The van der Waals surface area contributed by atoms with Gasteiger partial charge in [-0.1, -0.05) is 67.6 Å². The van der Waals surface area contributed by atoms with Gasteiger partial charge in [0.05, 0.1) is 33.5 Å². The van der Waals surface area contributed by atoms with Crippen molar-refractivity contribution in [2.24, 2.45) is 0 Å². The molecule has 170 valence electrons. The molecule has 2 N–H and O–H groups in total. The highest BCUT2D eigenvalue weighted by Gasteiger charge is 2.41. The Morgan fingerprint density at radius 3 is 2.09 bits per heavy atom. The monoisotopic (exact) mass is 437 g/mol. The molecule has 1 heterocycles. The van der Waals surface area contributed by atoms with Crippen molar-refractivity contribution in [1.29, 1.82) is 0 Å².